The molecule has 3 heteroatoms. The van der Waals surface area contributed by atoms with Gasteiger partial charge in [0.2, 0.25) is 0 Å². The van der Waals surface area contributed by atoms with Crippen LogP contribution in [0.3, 0.4) is 0 Å². The van der Waals surface area contributed by atoms with Gasteiger partial charge in [-0.1, -0.05) is 38.1 Å². The van der Waals surface area contributed by atoms with Gasteiger partial charge in [0.1, 0.15) is 5.54 Å². The van der Waals surface area contributed by atoms with E-state index in [0.29, 0.717) is 0 Å². The topological polar surface area (TPSA) is 39.1 Å². The first-order chi connectivity index (χ1) is 9.60. The molecular weight excluding hydrogens is 246 g/mol. The van der Waals surface area contributed by atoms with E-state index in [-0.39, 0.29) is 5.41 Å². The van der Waals surface area contributed by atoms with Crippen LogP contribution in [0.15, 0.2) is 24.3 Å². The highest BCUT2D eigenvalue weighted by Crippen LogP contribution is 2.47. The van der Waals surface area contributed by atoms with Crippen LogP contribution < -0.4 is 5.32 Å². The molecule has 0 aromatic heterocycles. The van der Waals surface area contributed by atoms with Crippen LogP contribution in [0.5, 0.6) is 0 Å². The Hall–Kier alpha value is -1.37. The first-order valence-corrected chi connectivity index (χ1v) is 7.57. The minimum atomic E-state index is -0.422. The fraction of sp³-hybridized carbons (Fsp3) is 0.588. The number of rotatable bonds is 1. The summed E-state index contributed by atoms with van der Waals surface area (Å²) in [5, 5.41) is 13.4. The lowest BCUT2D eigenvalue weighted by Crippen LogP contribution is -2.56. The molecule has 1 N–H and O–H groups in total. The van der Waals surface area contributed by atoms with E-state index in [1.165, 1.54) is 11.1 Å². The second-order valence-corrected chi connectivity index (χ2v) is 6.64. The van der Waals surface area contributed by atoms with Crippen LogP contribution in [0, 0.1) is 11.3 Å². The second-order valence-electron chi connectivity index (χ2n) is 6.64. The van der Waals surface area contributed by atoms with Crippen molar-refractivity contribution in [1.82, 2.24) is 10.2 Å². The van der Waals surface area contributed by atoms with E-state index in [9.17, 15) is 5.26 Å². The normalized spacial score (nSPS) is 29.4. The molecule has 106 valence electrons. The SMILES string of the molecule is CC1(C)CCC(C#N)(N2CCNCC2)c2ccccc21. The minimum Gasteiger partial charge on any atom is -0.314 e. The number of fused-ring (bicyclic) bond motifs is 1. The molecule has 1 fully saturated rings. The van der Waals surface area contributed by atoms with E-state index in [1.807, 2.05) is 0 Å². The molecule has 3 nitrogen and oxygen atoms in total. The Labute approximate surface area is 121 Å². The molecule has 0 saturated carbocycles. The van der Waals surface area contributed by atoms with Crippen molar-refractivity contribution in [3.05, 3.63) is 35.4 Å². The molecule has 1 saturated heterocycles. The number of nitrogens with one attached hydrogen (secondary N) is 1. The first-order valence-electron chi connectivity index (χ1n) is 7.57. The van der Waals surface area contributed by atoms with Gasteiger partial charge in [0.25, 0.3) is 0 Å². The van der Waals surface area contributed by atoms with Crippen LogP contribution in [-0.2, 0) is 11.0 Å². The first kappa shape index (κ1) is 13.6. The molecule has 0 radical (unpaired) electrons. The van der Waals surface area contributed by atoms with Crippen LogP contribution in [-0.4, -0.2) is 31.1 Å². The molecule has 2 aliphatic rings. The molecule has 1 unspecified atom stereocenters. The Balaban J connectivity index is 2.11. The highest BCUT2D eigenvalue weighted by Gasteiger charge is 2.46. The van der Waals surface area contributed by atoms with Crippen LogP contribution in [0.1, 0.15) is 37.8 Å². The predicted molar refractivity (Wildman–Crippen MR) is 80.4 cm³/mol. The van der Waals surface area contributed by atoms with Crippen LogP contribution in [0.4, 0.5) is 0 Å². The van der Waals surface area contributed by atoms with Crippen molar-refractivity contribution in [2.75, 3.05) is 26.2 Å². The van der Waals surface area contributed by atoms with Crippen LogP contribution in [0.2, 0.25) is 0 Å². The number of hydrogen-bond donors (Lipinski definition) is 1. The van der Waals surface area contributed by atoms with Gasteiger partial charge in [-0.3, -0.25) is 4.90 Å². The molecule has 1 atom stereocenters. The quantitative estimate of drug-likeness (QED) is 0.851. The lowest BCUT2D eigenvalue weighted by molar-refractivity contribution is 0.0903. The van der Waals surface area contributed by atoms with Crippen molar-refractivity contribution in [2.24, 2.45) is 0 Å². The highest BCUT2D eigenvalue weighted by atomic mass is 15.2. The number of benzene rings is 1. The molecule has 1 aliphatic heterocycles. The predicted octanol–water partition coefficient (Wildman–Crippen LogP) is 2.38. The fourth-order valence-corrected chi connectivity index (χ4v) is 3.76. The second kappa shape index (κ2) is 4.87. The third kappa shape index (κ3) is 1.95. The van der Waals surface area contributed by atoms with Gasteiger partial charge in [0.15, 0.2) is 0 Å². The molecule has 1 aromatic rings. The fourth-order valence-electron chi connectivity index (χ4n) is 3.76. The Morgan fingerprint density at radius 2 is 1.75 bits per heavy atom. The summed E-state index contributed by atoms with van der Waals surface area (Å²) in [6, 6.07) is 11.2. The van der Waals surface area contributed by atoms with E-state index >= 15 is 0 Å². The Kier molecular flexibility index (Phi) is 3.32. The van der Waals surface area contributed by atoms with Crippen molar-refractivity contribution >= 4 is 0 Å². The average molecular weight is 269 g/mol. The van der Waals surface area contributed by atoms with E-state index in [2.05, 4.69) is 54.4 Å². The lowest BCUT2D eigenvalue weighted by atomic mass is 9.65. The summed E-state index contributed by atoms with van der Waals surface area (Å²) >= 11 is 0. The van der Waals surface area contributed by atoms with Gasteiger partial charge >= 0.3 is 0 Å². The molecule has 1 heterocycles. The maximum Gasteiger partial charge on any atom is 0.135 e. The number of hydrogen-bond acceptors (Lipinski definition) is 3. The van der Waals surface area contributed by atoms with Gasteiger partial charge in [-0.05, 0) is 29.4 Å². The van der Waals surface area contributed by atoms with Crippen LogP contribution >= 0.6 is 0 Å². The van der Waals surface area contributed by atoms with Gasteiger partial charge in [-0.2, -0.15) is 5.26 Å². The van der Waals surface area contributed by atoms with E-state index < -0.39 is 5.54 Å². The van der Waals surface area contributed by atoms with Gasteiger partial charge in [-0.15, -0.1) is 0 Å². The number of piperazine rings is 1. The van der Waals surface area contributed by atoms with Crippen LogP contribution in [0.25, 0.3) is 0 Å². The molecule has 1 aromatic carbocycles. The van der Waals surface area contributed by atoms with Crippen molar-refractivity contribution in [3.8, 4) is 6.07 Å². The zero-order valence-electron chi connectivity index (χ0n) is 12.4. The van der Waals surface area contributed by atoms with Gasteiger partial charge in [0.05, 0.1) is 6.07 Å². The average Bonchev–Trinajstić information content (AvgIpc) is 2.49. The number of nitrogens with zero attached hydrogens (tertiary/aromatic N) is 2. The molecule has 0 bridgehead atoms. The maximum absolute atomic E-state index is 10.00. The molecular formula is C17H23N3. The molecule has 3 rings (SSSR count). The maximum atomic E-state index is 10.00. The summed E-state index contributed by atoms with van der Waals surface area (Å²) in [6.45, 7) is 8.48. The van der Waals surface area contributed by atoms with Gasteiger partial charge in [-0.25, -0.2) is 0 Å². The summed E-state index contributed by atoms with van der Waals surface area (Å²) in [7, 11) is 0. The number of nitriles is 1. The third-order valence-corrected chi connectivity index (χ3v) is 5.06. The minimum absolute atomic E-state index is 0.172. The van der Waals surface area contributed by atoms with Crippen molar-refractivity contribution in [2.45, 2.75) is 37.6 Å². The summed E-state index contributed by atoms with van der Waals surface area (Å²) < 4.78 is 0. The summed E-state index contributed by atoms with van der Waals surface area (Å²) in [6.07, 6.45) is 2.01. The largest absolute Gasteiger partial charge is 0.314 e. The standard InChI is InChI=1S/C17H23N3/c1-16(2)7-8-17(13-18,20-11-9-19-10-12-20)15-6-4-3-5-14(15)16/h3-6,19H,7-12H2,1-2H3. The van der Waals surface area contributed by atoms with E-state index in [0.717, 1.165) is 39.0 Å². The summed E-state index contributed by atoms with van der Waals surface area (Å²) in [5.41, 5.74) is 2.34. The zero-order chi connectivity index (χ0) is 14.2. The molecule has 20 heavy (non-hydrogen) atoms. The smallest absolute Gasteiger partial charge is 0.135 e. The Bertz CT molecular complexity index is 537. The van der Waals surface area contributed by atoms with Crippen molar-refractivity contribution < 1.29 is 0 Å². The van der Waals surface area contributed by atoms with Gasteiger partial charge < -0.3 is 5.32 Å². The summed E-state index contributed by atoms with van der Waals surface area (Å²) in [5.74, 6) is 0. The third-order valence-electron chi connectivity index (χ3n) is 5.06. The monoisotopic (exact) mass is 269 g/mol. The Morgan fingerprint density at radius 1 is 1.10 bits per heavy atom. The summed E-state index contributed by atoms with van der Waals surface area (Å²) in [4.78, 5) is 2.39. The molecule has 1 aliphatic carbocycles. The van der Waals surface area contributed by atoms with Crippen molar-refractivity contribution in [1.29, 1.82) is 5.26 Å². The Morgan fingerprint density at radius 3 is 2.40 bits per heavy atom. The van der Waals surface area contributed by atoms with E-state index in [1.54, 1.807) is 0 Å². The molecule has 0 amide bonds. The lowest BCUT2D eigenvalue weighted by Gasteiger charge is -2.48. The van der Waals surface area contributed by atoms with E-state index in [4.69, 9.17) is 0 Å². The van der Waals surface area contributed by atoms with Gasteiger partial charge in [0, 0.05) is 26.2 Å². The highest BCUT2D eigenvalue weighted by molar-refractivity contribution is 5.45. The molecule has 0 spiro atoms. The zero-order valence-corrected chi connectivity index (χ0v) is 12.4. The van der Waals surface area contributed by atoms with Crippen molar-refractivity contribution in [3.63, 3.8) is 0 Å².